The van der Waals surface area contributed by atoms with Crippen LogP contribution in [-0.4, -0.2) is 21.7 Å². The number of carbonyl (C=O) groups excluding carboxylic acids is 2. The summed E-state index contributed by atoms with van der Waals surface area (Å²) >= 11 is 2.22. The number of thioether (sulfide) groups is 2. The monoisotopic (exact) mass is 233 g/mol. The lowest BCUT2D eigenvalue weighted by Crippen LogP contribution is -2.13. The number of hydrogen-bond acceptors (Lipinski definition) is 5. The van der Waals surface area contributed by atoms with Crippen LogP contribution >= 0.6 is 23.5 Å². The number of allylic oxidation sites excluding steroid dienone is 1. The fraction of sp³-hybridized carbons (Fsp3) is 0.556. The summed E-state index contributed by atoms with van der Waals surface area (Å²) in [4.78, 5) is 23.0. The molecule has 0 aliphatic carbocycles. The van der Waals surface area contributed by atoms with E-state index in [4.69, 9.17) is 5.73 Å². The first-order valence-electron chi connectivity index (χ1n) is 4.35. The average Bonchev–Trinajstić information content (AvgIpc) is 2.04. The van der Waals surface area contributed by atoms with Crippen LogP contribution in [0, 0.1) is 0 Å². The van der Waals surface area contributed by atoms with Crippen molar-refractivity contribution in [2.24, 2.45) is 5.73 Å². The molecule has 0 heterocycles. The highest BCUT2D eigenvalue weighted by Crippen LogP contribution is 2.18. The van der Waals surface area contributed by atoms with Crippen molar-refractivity contribution in [3.8, 4) is 0 Å². The van der Waals surface area contributed by atoms with Crippen LogP contribution in [-0.2, 0) is 9.59 Å². The predicted octanol–water partition coefficient (Wildman–Crippen LogP) is 1.78. The molecule has 0 aromatic carbocycles. The first-order valence-corrected chi connectivity index (χ1v) is 6.32. The third-order valence-electron chi connectivity index (χ3n) is 1.35. The van der Waals surface area contributed by atoms with Gasteiger partial charge in [-0.25, -0.2) is 0 Å². The van der Waals surface area contributed by atoms with E-state index in [1.165, 1.54) is 0 Å². The minimum Gasteiger partial charge on any atom is -0.402 e. The standard InChI is InChI=1S/C9H15NO2S2/c1-4-13-8(11)7(6(3)10)9(12)14-5-2/h4-5,10H2,1-3H3. The minimum atomic E-state index is -0.224. The molecule has 0 aliphatic heterocycles. The van der Waals surface area contributed by atoms with Crippen molar-refractivity contribution in [2.75, 3.05) is 11.5 Å². The molecule has 5 heteroatoms. The van der Waals surface area contributed by atoms with Crippen molar-refractivity contribution in [2.45, 2.75) is 20.8 Å². The zero-order valence-electron chi connectivity index (χ0n) is 8.62. The molecule has 3 nitrogen and oxygen atoms in total. The molecule has 0 rings (SSSR count). The zero-order chi connectivity index (χ0) is 11.1. The molecule has 0 saturated carbocycles. The molecule has 0 aromatic heterocycles. The van der Waals surface area contributed by atoms with Gasteiger partial charge in [0.25, 0.3) is 0 Å². The Hall–Kier alpha value is -0.420. The Bertz CT molecular complexity index is 238. The lowest BCUT2D eigenvalue weighted by atomic mass is 10.2. The molecular weight excluding hydrogens is 218 g/mol. The molecule has 0 fully saturated rings. The van der Waals surface area contributed by atoms with Crippen LogP contribution in [0.1, 0.15) is 20.8 Å². The molecule has 0 unspecified atom stereocenters. The van der Waals surface area contributed by atoms with Crippen molar-refractivity contribution in [1.82, 2.24) is 0 Å². The Morgan fingerprint density at radius 1 is 1.07 bits per heavy atom. The molecule has 14 heavy (non-hydrogen) atoms. The van der Waals surface area contributed by atoms with Crippen molar-refractivity contribution >= 4 is 33.8 Å². The van der Waals surface area contributed by atoms with E-state index in [1.807, 2.05) is 13.8 Å². The molecular formula is C9H15NO2S2. The van der Waals surface area contributed by atoms with Gasteiger partial charge in [-0.1, -0.05) is 37.4 Å². The molecule has 0 aromatic rings. The predicted molar refractivity (Wildman–Crippen MR) is 63.2 cm³/mol. The summed E-state index contributed by atoms with van der Waals surface area (Å²) < 4.78 is 0. The van der Waals surface area contributed by atoms with Crippen LogP contribution in [0.4, 0.5) is 0 Å². The first-order chi connectivity index (χ1) is 6.54. The van der Waals surface area contributed by atoms with Crippen molar-refractivity contribution < 1.29 is 9.59 Å². The molecule has 80 valence electrons. The summed E-state index contributed by atoms with van der Waals surface area (Å²) in [6.45, 7) is 5.31. The Kier molecular flexibility index (Phi) is 6.74. The van der Waals surface area contributed by atoms with Crippen LogP contribution < -0.4 is 5.73 Å². The van der Waals surface area contributed by atoms with Gasteiger partial charge in [0.05, 0.1) is 0 Å². The van der Waals surface area contributed by atoms with Crippen LogP contribution in [0.2, 0.25) is 0 Å². The van der Waals surface area contributed by atoms with E-state index >= 15 is 0 Å². The highest BCUT2D eigenvalue weighted by molar-refractivity contribution is 8.16. The van der Waals surface area contributed by atoms with Crippen molar-refractivity contribution in [1.29, 1.82) is 0 Å². The SMILES string of the molecule is CCSC(=O)C(C(=O)SCC)=C(C)N. The van der Waals surface area contributed by atoms with E-state index in [9.17, 15) is 9.59 Å². The van der Waals surface area contributed by atoms with Gasteiger partial charge >= 0.3 is 0 Å². The maximum atomic E-state index is 11.5. The van der Waals surface area contributed by atoms with Gasteiger partial charge in [-0.2, -0.15) is 0 Å². The lowest BCUT2D eigenvalue weighted by molar-refractivity contribution is -0.113. The minimum absolute atomic E-state index is 0.142. The average molecular weight is 233 g/mol. The normalized spacial score (nSPS) is 9.64. The molecule has 0 radical (unpaired) electrons. The van der Waals surface area contributed by atoms with Gasteiger partial charge in [0.2, 0.25) is 10.2 Å². The zero-order valence-corrected chi connectivity index (χ0v) is 10.3. The van der Waals surface area contributed by atoms with Gasteiger partial charge in [0, 0.05) is 5.70 Å². The Labute approximate surface area is 92.9 Å². The first kappa shape index (κ1) is 13.6. The van der Waals surface area contributed by atoms with E-state index in [-0.39, 0.29) is 15.8 Å². The molecule has 0 amide bonds. The Morgan fingerprint density at radius 3 is 1.64 bits per heavy atom. The van der Waals surface area contributed by atoms with Crippen LogP contribution in [0.3, 0.4) is 0 Å². The lowest BCUT2D eigenvalue weighted by Gasteiger charge is -2.04. The highest BCUT2D eigenvalue weighted by atomic mass is 32.2. The Morgan fingerprint density at radius 2 is 1.43 bits per heavy atom. The molecule has 0 aliphatic rings. The second-order valence-corrected chi connectivity index (χ2v) is 4.97. The maximum Gasteiger partial charge on any atom is 0.225 e. The smallest absolute Gasteiger partial charge is 0.225 e. The summed E-state index contributed by atoms with van der Waals surface area (Å²) in [6, 6.07) is 0. The van der Waals surface area contributed by atoms with Crippen LogP contribution in [0.15, 0.2) is 11.3 Å². The van der Waals surface area contributed by atoms with E-state index in [0.29, 0.717) is 17.2 Å². The molecule has 0 atom stereocenters. The number of hydrogen-bond donors (Lipinski definition) is 1. The summed E-state index contributed by atoms with van der Waals surface area (Å²) in [7, 11) is 0. The third kappa shape index (κ3) is 4.19. The fourth-order valence-corrected chi connectivity index (χ4v) is 2.20. The second kappa shape index (κ2) is 6.95. The van der Waals surface area contributed by atoms with Gasteiger partial charge in [-0.05, 0) is 18.4 Å². The van der Waals surface area contributed by atoms with E-state index in [0.717, 1.165) is 23.5 Å². The van der Waals surface area contributed by atoms with Gasteiger partial charge < -0.3 is 5.73 Å². The summed E-state index contributed by atoms with van der Waals surface area (Å²) in [5.41, 5.74) is 5.96. The largest absolute Gasteiger partial charge is 0.402 e. The maximum absolute atomic E-state index is 11.5. The quantitative estimate of drug-likeness (QED) is 0.455. The van der Waals surface area contributed by atoms with E-state index in [2.05, 4.69) is 0 Å². The summed E-state index contributed by atoms with van der Waals surface area (Å²) in [6.07, 6.45) is 0. The van der Waals surface area contributed by atoms with Crippen LogP contribution in [0.5, 0.6) is 0 Å². The number of carbonyl (C=O) groups is 2. The third-order valence-corrected chi connectivity index (χ3v) is 2.86. The summed E-state index contributed by atoms with van der Waals surface area (Å²) in [5, 5.41) is -0.447. The second-order valence-electron chi connectivity index (χ2n) is 2.50. The van der Waals surface area contributed by atoms with Gasteiger partial charge in [0.1, 0.15) is 5.57 Å². The van der Waals surface area contributed by atoms with E-state index in [1.54, 1.807) is 6.92 Å². The van der Waals surface area contributed by atoms with Crippen molar-refractivity contribution in [3.63, 3.8) is 0 Å². The van der Waals surface area contributed by atoms with Crippen LogP contribution in [0.25, 0.3) is 0 Å². The molecule has 0 saturated heterocycles. The molecule has 0 bridgehead atoms. The fourth-order valence-electron chi connectivity index (χ4n) is 0.812. The molecule has 2 N–H and O–H groups in total. The number of rotatable bonds is 4. The Balaban J connectivity index is 4.71. The van der Waals surface area contributed by atoms with E-state index < -0.39 is 0 Å². The van der Waals surface area contributed by atoms with Crippen molar-refractivity contribution in [3.05, 3.63) is 11.3 Å². The van der Waals surface area contributed by atoms with Gasteiger partial charge in [0.15, 0.2) is 0 Å². The highest BCUT2D eigenvalue weighted by Gasteiger charge is 2.19. The summed E-state index contributed by atoms with van der Waals surface area (Å²) in [5.74, 6) is 1.30. The van der Waals surface area contributed by atoms with Gasteiger partial charge in [-0.3, -0.25) is 9.59 Å². The topological polar surface area (TPSA) is 60.2 Å². The molecule has 0 spiro atoms. The number of nitrogens with two attached hydrogens (primary N) is 1. The van der Waals surface area contributed by atoms with Gasteiger partial charge in [-0.15, -0.1) is 0 Å².